The van der Waals surface area contributed by atoms with Crippen LogP contribution in [0.25, 0.3) is 0 Å². The van der Waals surface area contributed by atoms with Gasteiger partial charge >= 0.3 is 0 Å². The molecule has 2 unspecified atom stereocenters. The molecule has 0 fully saturated rings. The summed E-state index contributed by atoms with van der Waals surface area (Å²) in [6, 6.07) is 16.0. The van der Waals surface area contributed by atoms with E-state index in [0.717, 1.165) is 33.7 Å². The zero-order valence-corrected chi connectivity index (χ0v) is 15.6. The summed E-state index contributed by atoms with van der Waals surface area (Å²) in [6.45, 7) is 2.03. The lowest BCUT2D eigenvalue weighted by atomic mass is 9.73. The van der Waals surface area contributed by atoms with Gasteiger partial charge in [0.1, 0.15) is 5.75 Å². The molecule has 2 atom stereocenters. The van der Waals surface area contributed by atoms with E-state index in [1.54, 1.807) is 7.11 Å². The summed E-state index contributed by atoms with van der Waals surface area (Å²) >= 11 is 0. The first-order chi connectivity index (χ1) is 13.0. The second-order valence-corrected chi connectivity index (χ2v) is 7.41. The van der Waals surface area contributed by atoms with Crippen molar-refractivity contribution in [3.05, 3.63) is 76.5 Å². The van der Waals surface area contributed by atoms with Gasteiger partial charge in [0.2, 0.25) is 5.91 Å². The SMILES string of the molecule is COc1ccc(C2CC(=O)C3=C(C2)NC(=O)CC3c2cccc(C)c2)cc1. The minimum absolute atomic E-state index is 0.0107. The number of hydrogen-bond donors (Lipinski definition) is 1. The van der Waals surface area contributed by atoms with E-state index in [0.29, 0.717) is 19.3 Å². The summed E-state index contributed by atoms with van der Waals surface area (Å²) in [5.74, 6) is 0.870. The van der Waals surface area contributed by atoms with Gasteiger partial charge in [-0.05, 0) is 42.5 Å². The molecule has 0 radical (unpaired) electrons. The van der Waals surface area contributed by atoms with E-state index in [1.807, 2.05) is 49.4 Å². The maximum Gasteiger partial charge on any atom is 0.225 e. The molecule has 1 heterocycles. The van der Waals surface area contributed by atoms with Crippen molar-refractivity contribution in [2.45, 2.75) is 38.0 Å². The number of nitrogens with one attached hydrogen (secondary N) is 1. The van der Waals surface area contributed by atoms with E-state index in [9.17, 15) is 9.59 Å². The lowest BCUT2D eigenvalue weighted by Gasteiger charge is -2.34. The fourth-order valence-electron chi connectivity index (χ4n) is 4.24. The Morgan fingerprint density at radius 3 is 2.44 bits per heavy atom. The normalized spacial score (nSPS) is 22.3. The van der Waals surface area contributed by atoms with Crippen LogP contribution in [0.15, 0.2) is 59.8 Å². The van der Waals surface area contributed by atoms with E-state index in [2.05, 4.69) is 11.4 Å². The first-order valence-corrected chi connectivity index (χ1v) is 9.31. The number of carbonyl (C=O) groups excluding carboxylic acids is 2. The molecule has 1 aliphatic carbocycles. The van der Waals surface area contributed by atoms with Crippen molar-refractivity contribution in [2.75, 3.05) is 7.11 Å². The Hall–Kier alpha value is -2.88. The number of rotatable bonds is 3. The van der Waals surface area contributed by atoms with E-state index in [1.165, 1.54) is 0 Å². The van der Waals surface area contributed by atoms with Crippen molar-refractivity contribution in [1.29, 1.82) is 0 Å². The van der Waals surface area contributed by atoms with Crippen LogP contribution in [0.5, 0.6) is 5.75 Å². The monoisotopic (exact) mass is 361 g/mol. The molecule has 138 valence electrons. The van der Waals surface area contributed by atoms with E-state index in [-0.39, 0.29) is 23.5 Å². The highest BCUT2D eigenvalue weighted by atomic mass is 16.5. The minimum atomic E-state index is -0.141. The second-order valence-electron chi connectivity index (χ2n) is 7.41. The molecule has 4 rings (SSSR count). The molecule has 2 aromatic carbocycles. The topological polar surface area (TPSA) is 55.4 Å². The second kappa shape index (κ2) is 7.03. The Bertz CT molecular complexity index is 927. The quantitative estimate of drug-likeness (QED) is 0.899. The minimum Gasteiger partial charge on any atom is -0.497 e. The summed E-state index contributed by atoms with van der Waals surface area (Å²) in [5, 5.41) is 2.98. The molecule has 1 amide bonds. The lowest BCUT2D eigenvalue weighted by molar-refractivity contribution is -0.122. The fourth-order valence-corrected chi connectivity index (χ4v) is 4.24. The third kappa shape index (κ3) is 3.39. The number of amides is 1. The van der Waals surface area contributed by atoms with Gasteiger partial charge in [-0.2, -0.15) is 0 Å². The summed E-state index contributed by atoms with van der Waals surface area (Å²) < 4.78 is 5.22. The third-order valence-corrected chi connectivity index (χ3v) is 5.57. The van der Waals surface area contributed by atoms with Gasteiger partial charge in [-0.3, -0.25) is 9.59 Å². The van der Waals surface area contributed by atoms with Gasteiger partial charge in [0.15, 0.2) is 5.78 Å². The number of aryl methyl sites for hydroxylation is 1. The number of hydrogen-bond acceptors (Lipinski definition) is 3. The molecule has 0 bridgehead atoms. The van der Waals surface area contributed by atoms with Crippen molar-refractivity contribution >= 4 is 11.7 Å². The molecule has 0 saturated carbocycles. The smallest absolute Gasteiger partial charge is 0.225 e. The number of methoxy groups -OCH3 is 1. The van der Waals surface area contributed by atoms with Crippen molar-refractivity contribution in [3.63, 3.8) is 0 Å². The molecular formula is C23H23NO3. The summed E-state index contributed by atoms with van der Waals surface area (Å²) in [5.41, 5.74) is 4.89. The number of ketones is 1. The predicted octanol–water partition coefficient (Wildman–Crippen LogP) is 4.01. The molecule has 4 nitrogen and oxygen atoms in total. The summed E-state index contributed by atoms with van der Waals surface area (Å²) in [6.07, 6.45) is 1.49. The number of Topliss-reactive ketones (excluding diaryl/α,β-unsaturated/α-hetero) is 1. The van der Waals surface area contributed by atoms with Crippen molar-refractivity contribution < 1.29 is 14.3 Å². The van der Waals surface area contributed by atoms with Gasteiger partial charge in [-0.1, -0.05) is 42.0 Å². The van der Waals surface area contributed by atoms with Crippen LogP contribution in [0.2, 0.25) is 0 Å². The van der Waals surface area contributed by atoms with Crippen LogP contribution in [0, 0.1) is 6.92 Å². The van der Waals surface area contributed by atoms with Gasteiger partial charge < -0.3 is 10.1 Å². The van der Waals surface area contributed by atoms with Crippen LogP contribution in [0.3, 0.4) is 0 Å². The largest absolute Gasteiger partial charge is 0.497 e. The number of allylic oxidation sites excluding steroid dienone is 2. The molecule has 0 aromatic heterocycles. The molecular weight excluding hydrogens is 338 g/mol. The molecule has 1 aliphatic heterocycles. The highest BCUT2D eigenvalue weighted by Gasteiger charge is 2.38. The lowest BCUT2D eigenvalue weighted by Crippen LogP contribution is -2.38. The van der Waals surface area contributed by atoms with Gasteiger partial charge in [0, 0.05) is 30.0 Å². The Labute approximate surface area is 159 Å². The standard InChI is InChI=1S/C23H23NO3/c1-14-4-3-5-16(10-14)19-13-22(26)24-20-11-17(12-21(25)23(19)20)15-6-8-18(27-2)9-7-15/h3-10,17,19H,11-13H2,1-2H3,(H,24,26). The maximum atomic E-state index is 13.1. The number of ether oxygens (including phenoxy) is 1. The highest BCUT2D eigenvalue weighted by Crippen LogP contribution is 2.42. The van der Waals surface area contributed by atoms with Crippen LogP contribution in [-0.2, 0) is 9.59 Å². The van der Waals surface area contributed by atoms with Gasteiger partial charge in [0.25, 0.3) is 0 Å². The van der Waals surface area contributed by atoms with Crippen LogP contribution in [0.4, 0.5) is 0 Å². The van der Waals surface area contributed by atoms with Crippen LogP contribution in [0.1, 0.15) is 47.8 Å². The van der Waals surface area contributed by atoms with Gasteiger partial charge in [0.05, 0.1) is 7.11 Å². The van der Waals surface area contributed by atoms with Crippen LogP contribution >= 0.6 is 0 Å². The van der Waals surface area contributed by atoms with Crippen molar-refractivity contribution in [1.82, 2.24) is 5.32 Å². The molecule has 0 spiro atoms. The third-order valence-electron chi connectivity index (χ3n) is 5.57. The molecule has 0 saturated heterocycles. The predicted molar refractivity (Wildman–Crippen MR) is 104 cm³/mol. The molecule has 27 heavy (non-hydrogen) atoms. The molecule has 4 heteroatoms. The van der Waals surface area contributed by atoms with E-state index < -0.39 is 0 Å². The van der Waals surface area contributed by atoms with Crippen LogP contribution in [-0.4, -0.2) is 18.8 Å². The molecule has 2 aromatic rings. The van der Waals surface area contributed by atoms with Crippen LogP contribution < -0.4 is 10.1 Å². The van der Waals surface area contributed by atoms with E-state index in [4.69, 9.17) is 4.74 Å². The highest BCUT2D eigenvalue weighted by molar-refractivity contribution is 6.02. The number of benzene rings is 2. The number of carbonyl (C=O) groups is 2. The average molecular weight is 361 g/mol. The average Bonchev–Trinajstić information content (AvgIpc) is 2.67. The Morgan fingerprint density at radius 1 is 0.963 bits per heavy atom. The Balaban J connectivity index is 1.68. The zero-order chi connectivity index (χ0) is 19.0. The molecule has 1 N–H and O–H groups in total. The summed E-state index contributed by atoms with van der Waals surface area (Å²) in [4.78, 5) is 25.4. The van der Waals surface area contributed by atoms with Gasteiger partial charge in [-0.15, -0.1) is 0 Å². The zero-order valence-electron chi connectivity index (χ0n) is 15.6. The maximum absolute atomic E-state index is 13.1. The Morgan fingerprint density at radius 2 is 1.74 bits per heavy atom. The Kier molecular flexibility index (Phi) is 4.56. The van der Waals surface area contributed by atoms with Gasteiger partial charge in [-0.25, -0.2) is 0 Å². The first kappa shape index (κ1) is 17.5. The fraction of sp³-hybridized carbons (Fsp3) is 0.304. The van der Waals surface area contributed by atoms with Crippen molar-refractivity contribution in [3.8, 4) is 5.75 Å². The molecule has 2 aliphatic rings. The van der Waals surface area contributed by atoms with Crippen molar-refractivity contribution in [2.24, 2.45) is 0 Å². The summed E-state index contributed by atoms with van der Waals surface area (Å²) in [7, 11) is 1.64. The van der Waals surface area contributed by atoms with E-state index >= 15 is 0 Å². The first-order valence-electron chi connectivity index (χ1n) is 9.31.